The normalized spacial score (nSPS) is 24.4. The Morgan fingerprint density at radius 2 is 0.785 bits per heavy atom. The molecule has 0 saturated carbocycles. The number of rotatable bonds is 23. The Morgan fingerprint density at radius 3 is 1.22 bits per heavy atom. The minimum Gasteiger partial charge on any atom is -0.374 e. The maximum absolute atomic E-state index is 7.17. The molecule has 0 N–H and O–H groups in total. The molecule has 0 bridgehead atoms. The van der Waals surface area contributed by atoms with Gasteiger partial charge in [0.2, 0.25) is 0 Å². The van der Waals surface area contributed by atoms with Gasteiger partial charge in [0, 0.05) is 13.5 Å². The predicted molar refractivity (Wildman–Crippen MR) is 253 cm³/mol. The van der Waals surface area contributed by atoms with Crippen molar-refractivity contribution in [3.63, 3.8) is 0 Å². The van der Waals surface area contributed by atoms with Crippen molar-refractivity contribution >= 4 is 11.8 Å². The zero-order chi connectivity index (χ0) is 44.3. The first-order valence-electron chi connectivity index (χ1n) is 22.5. The van der Waals surface area contributed by atoms with Crippen LogP contribution in [0.5, 0.6) is 0 Å². The molecule has 0 aromatic heterocycles. The molecule has 0 spiro atoms. The molecule has 6 aromatic rings. The molecule has 2 aliphatic heterocycles. The van der Waals surface area contributed by atoms with Crippen molar-refractivity contribution in [1.82, 2.24) is 0 Å². The van der Waals surface area contributed by atoms with Gasteiger partial charge < -0.3 is 42.6 Å². The van der Waals surface area contributed by atoms with E-state index in [0.29, 0.717) is 52.7 Å². The maximum atomic E-state index is 7.17. The number of benzene rings is 6. The summed E-state index contributed by atoms with van der Waals surface area (Å²) in [5.41, 5.74) is 6.02. The molecule has 6 aromatic carbocycles. The van der Waals surface area contributed by atoms with Crippen LogP contribution in [-0.4, -0.2) is 73.9 Å². The molecular formula is C55H60O9S. The largest absolute Gasteiger partial charge is 0.374 e. The van der Waals surface area contributed by atoms with Gasteiger partial charge in [-0.15, -0.1) is 11.8 Å². The Kier molecular flexibility index (Phi) is 18.2. The highest BCUT2D eigenvalue weighted by Gasteiger charge is 2.51. The average molecular weight is 897 g/mol. The third kappa shape index (κ3) is 14.2. The first-order valence-corrected chi connectivity index (χ1v) is 23.5. The van der Waals surface area contributed by atoms with Crippen molar-refractivity contribution in [2.24, 2.45) is 0 Å². The van der Waals surface area contributed by atoms with Gasteiger partial charge in [-0.25, -0.2) is 0 Å². The average Bonchev–Trinajstić information content (AvgIpc) is 3.36. The van der Waals surface area contributed by atoms with Gasteiger partial charge in [-0.05, 0) is 33.4 Å². The van der Waals surface area contributed by atoms with Gasteiger partial charge >= 0.3 is 0 Å². The molecule has 0 aliphatic carbocycles. The molecule has 0 unspecified atom stereocenters. The third-order valence-electron chi connectivity index (χ3n) is 11.6. The Labute approximate surface area is 388 Å². The monoisotopic (exact) mass is 896 g/mol. The van der Waals surface area contributed by atoms with Gasteiger partial charge in [0.25, 0.3) is 0 Å². The minimum absolute atomic E-state index is 0.288. The lowest BCUT2D eigenvalue weighted by molar-refractivity contribution is -0.283. The number of methoxy groups -OCH3 is 1. The first-order chi connectivity index (χ1) is 32.2. The fourth-order valence-electron chi connectivity index (χ4n) is 8.21. The zero-order valence-electron chi connectivity index (χ0n) is 37.0. The summed E-state index contributed by atoms with van der Waals surface area (Å²) < 4.78 is 60.6. The Morgan fingerprint density at radius 1 is 0.415 bits per heavy atom. The summed E-state index contributed by atoms with van der Waals surface area (Å²) >= 11 is 1.67. The van der Waals surface area contributed by atoms with E-state index in [1.54, 1.807) is 18.9 Å². The predicted octanol–water partition coefficient (Wildman–Crippen LogP) is 10.3. The van der Waals surface area contributed by atoms with E-state index >= 15 is 0 Å². The van der Waals surface area contributed by atoms with Gasteiger partial charge in [0.15, 0.2) is 6.29 Å². The van der Waals surface area contributed by atoms with Crippen LogP contribution in [-0.2, 0) is 82.3 Å². The van der Waals surface area contributed by atoms with E-state index in [-0.39, 0.29) is 23.4 Å². The second-order valence-corrected chi connectivity index (χ2v) is 17.7. The van der Waals surface area contributed by atoms with E-state index < -0.39 is 36.8 Å². The second kappa shape index (κ2) is 25.3. The highest BCUT2D eigenvalue weighted by molar-refractivity contribution is 8.00. The summed E-state index contributed by atoms with van der Waals surface area (Å²) in [6.07, 6.45) is -2.98. The Bertz CT molecular complexity index is 2190. The van der Waals surface area contributed by atoms with E-state index in [4.69, 9.17) is 42.6 Å². The number of thioether (sulfide) groups is 1. The lowest BCUT2D eigenvalue weighted by Gasteiger charge is -2.48. The summed E-state index contributed by atoms with van der Waals surface area (Å²) in [7, 11) is 1.65. The van der Waals surface area contributed by atoms with Crippen LogP contribution in [0, 0.1) is 0 Å². The van der Waals surface area contributed by atoms with E-state index in [1.165, 1.54) is 0 Å². The summed E-state index contributed by atoms with van der Waals surface area (Å²) in [6, 6.07) is 61.2. The van der Waals surface area contributed by atoms with Crippen LogP contribution in [0.3, 0.4) is 0 Å². The summed E-state index contributed by atoms with van der Waals surface area (Å²) in [5, 5.41) is -0.325. The van der Waals surface area contributed by atoms with Crippen molar-refractivity contribution in [2.45, 2.75) is 99.7 Å². The topological polar surface area (TPSA) is 83.1 Å². The van der Waals surface area contributed by atoms with Gasteiger partial charge in [0.1, 0.15) is 29.9 Å². The molecule has 8 rings (SSSR count). The van der Waals surface area contributed by atoms with E-state index in [2.05, 4.69) is 72.8 Å². The van der Waals surface area contributed by atoms with E-state index in [0.717, 1.165) is 33.4 Å². The quantitative estimate of drug-likeness (QED) is 0.0620. The van der Waals surface area contributed by atoms with Crippen molar-refractivity contribution in [3.05, 3.63) is 215 Å². The van der Waals surface area contributed by atoms with E-state index in [9.17, 15) is 0 Å². The van der Waals surface area contributed by atoms with Crippen LogP contribution < -0.4 is 0 Å². The highest BCUT2D eigenvalue weighted by Crippen LogP contribution is 2.42. The standard InChI is InChI=1S/C55H60O9S/c1-56-55-53(62-38-46-30-18-7-19-31-46)52(61-37-45-28-16-6-17-29-45)54(49(64-55)40-58-34-42-22-10-3-11-23-42)65-50-32-47(59-35-43-24-12-4-13-25-43)51(60-36-44-26-14-5-15-27-44)48(63-50)39-57-33-41-20-8-2-9-21-41/h2-31,47-55H,32-40H2,1H3/t47-,48-,49-,50+,51+,52-,53-,54+,55+/m1/s1. The molecular weight excluding hydrogens is 837 g/mol. The van der Waals surface area contributed by atoms with Crippen molar-refractivity contribution in [3.8, 4) is 0 Å². The highest BCUT2D eigenvalue weighted by atomic mass is 32.2. The molecule has 65 heavy (non-hydrogen) atoms. The van der Waals surface area contributed by atoms with Gasteiger partial charge in [-0.1, -0.05) is 182 Å². The second-order valence-electron chi connectivity index (χ2n) is 16.3. The van der Waals surface area contributed by atoms with Crippen LogP contribution in [0.25, 0.3) is 0 Å². The summed E-state index contributed by atoms with van der Waals surface area (Å²) in [5.74, 6) is 0. The SMILES string of the molecule is CO[C@H]1O[C@H](COCc2ccccc2)[C@H](S[C@H]2C[C@@H](OCc3ccccc3)[C@H](OCc3ccccc3)[C@@H](COCc3ccccc3)O2)[C@H](OCc2ccccc2)[C@H]1OCc1ccccc1. The van der Waals surface area contributed by atoms with Crippen LogP contribution >= 0.6 is 11.8 Å². The Balaban J connectivity index is 1.10. The number of ether oxygens (including phenoxy) is 9. The van der Waals surface area contributed by atoms with Crippen molar-refractivity contribution < 1.29 is 42.6 Å². The third-order valence-corrected chi connectivity index (χ3v) is 13.1. The van der Waals surface area contributed by atoms with Crippen molar-refractivity contribution in [2.75, 3.05) is 20.3 Å². The van der Waals surface area contributed by atoms with Gasteiger partial charge in [-0.3, -0.25) is 0 Å². The molecule has 9 nitrogen and oxygen atoms in total. The molecule has 2 saturated heterocycles. The van der Waals surface area contributed by atoms with Crippen LogP contribution in [0.4, 0.5) is 0 Å². The first kappa shape index (κ1) is 46.8. The molecule has 2 fully saturated rings. The van der Waals surface area contributed by atoms with Crippen LogP contribution in [0.1, 0.15) is 39.8 Å². The fraction of sp³-hybridized carbons (Fsp3) is 0.345. The van der Waals surface area contributed by atoms with E-state index in [1.807, 2.05) is 109 Å². The summed E-state index contributed by atoms with van der Waals surface area (Å²) in [6.45, 7) is 2.98. The summed E-state index contributed by atoms with van der Waals surface area (Å²) in [4.78, 5) is 0. The molecule has 2 aliphatic rings. The van der Waals surface area contributed by atoms with Gasteiger partial charge in [-0.2, -0.15) is 0 Å². The molecule has 9 atom stereocenters. The molecule has 340 valence electrons. The van der Waals surface area contributed by atoms with Crippen molar-refractivity contribution in [1.29, 1.82) is 0 Å². The maximum Gasteiger partial charge on any atom is 0.186 e. The fourth-order valence-corrected chi connectivity index (χ4v) is 9.77. The molecule has 0 radical (unpaired) electrons. The van der Waals surface area contributed by atoms with Gasteiger partial charge in [0.05, 0.1) is 70.3 Å². The minimum atomic E-state index is -0.731. The molecule has 0 amide bonds. The van der Waals surface area contributed by atoms with Crippen LogP contribution in [0.15, 0.2) is 182 Å². The smallest absolute Gasteiger partial charge is 0.186 e. The number of hydrogen-bond donors (Lipinski definition) is 0. The lowest BCUT2D eigenvalue weighted by Crippen LogP contribution is -2.60. The Hall–Kier alpha value is -4.69. The zero-order valence-corrected chi connectivity index (χ0v) is 37.8. The lowest BCUT2D eigenvalue weighted by atomic mass is 10.0. The molecule has 2 heterocycles. The number of hydrogen-bond acceptors (Lipinski definition) is 10. The molecule has 10 heteroatoms. The van der Waals surface area contributed by atoms with Crippen LogP contribution in [0.2, 0.25) is 0 Å².